The summed E-state index contributed by atoms with van der Waals surface area (Å²) in [5.74, 6) is 0. The van der Waals surface area contributed by atoms with Crippen LogP contribution in [0.5, 0.6) is 0 Å². The summed E-state index contributed by atoms with van der Waals surface area (Å²) >= 11 is 18.2. The van der Waals surface area contributed by atoms with Crippen LogP contribution in [0.2, 0.25) is 0 Å². The molecule has 1 fully saturated rings. The van der Waals surface area contributed by atoms with Crippen molar-refractivity contribution < 1.29 is 0 Å². The van der Waals surface area contributed by atoms with Gasteiger partial charge in [0.05, 0.1) is 4.32 Å². The van der Waals surface area contributed by atoms with Crippen molar-refractivity contribution in [1.82, 2.24) is 0 Å². The van der Waals surface area contributed by atoms with E-state index in [0.29, 0.717) is 0 Å². The summed E-state index contributed by atoms with van der Waals surface area (Å²) in [6, 6.07) is 0. The molecule has 1 aliphatic rings. The molecule has 0 bridgehead atoms. The maximum atomic E-state index is 5.74. The van der Waals surface area contributed by atoms with Crippen molar-refractivity contribution >= 4 is 55.1 Å². The van der Waals surface area contributed by atoms with E-state index in [1.54, 1.807) is 0 Å². The standard InChI is InChI=1S/C4H4Br2Cl2/c5-2-3(6)1-4(3,7)8/h1-2H2. The highest BCUT2D eigenvalue weighted by molar-refractivity contribution is 9.12. The summed E-state index contributed by atoms with van der Waals surface area (Å²) in [6.45, 7) is 0. The third kappa shape index (κ3) is 1.05. The fourth-order valence-electron chi connectivity index (χ4n) is 0.453. The Hall–Kier alpha value is 1.54. The van der Waals surface area contributed by atoms with Gasteiger partial charge in [0.25, 0.3) is 0 Å². The minimum Gasteiger partial charge on any atom is -0.100 e. The molecule has 1 aliphatic carbocycles. The van der Waals surface area contributed by atoms with Gasteiger partial charge in [-0.15, -0.1) is 23.2 Å². The predicted octanol–water partition coefficient (Wildman–Crippen LogP) is 3.09. The summed E-state index contributed by atoms with van der Waals surface area (Å²) in [6.07, 6.45) is 0.828. The minimum absolute atomic E-state index is 0.0525. The fraction of sp³-hybridized carbons (Fsp3) is 1.00. The number of alkyl halides is 4. The molecule has 0 N–H and O–H groups in total. The Kier molecular flexibility index (Phi) is 1.92. The number of hydrogen-bond acceptors (Lipinski definition) is 0. The molecule has 0 aromatic heterocycles. The number of hydrogen-bond donors (Lipinski definition) is 0. The molecule has 0 aromatic rings. The van der Waals surface area contributed by atoms with Crippen molar-refractivity contribution in [2.45, 2.75) is 15.1 Å². The normalized spacial score (nSPS) is 42.0. The first-order chi connectivity index (χ1) is 3.52. The van der Waals surface area contributed by atoms with Crippen LogP contribution in [-0.4, -0.2) is 14.0 Å². The van der Waals surface area contributed by atoms with Crippen molar-refractivity contribution in [3.63, 3.8) is 0 Å². The lowest BCUT2D eigenvalue weighted by atomic mass is 10.5. The lowest BCUT2D eigenvalue weighted by molar-refractivity contribution is 1.08. The Bertz CT molecular complexity index is 115. The Morgan fingerprint density at radius 1 is 1.50 bits per heavy atom. The first-order valence-electron chi connectivity index (χ1n) is 2.14. The van der Waals surface area contributed by atoms with Crippen LogP contribution < -0.4 is 0 Å². The summed E-state index contributed by atoms with van der Waals surface area (Å²) in [7, 11) is 0. The van der Waals surface area contributed by atoms with E-state index < -0.39 is 4.33 Å². The Morgan fingerprint density at radius 3 is 1.88 bits per heavy atom. The largest absolute Gasteiger partial charge is 0.135 e. The first kappa shape index (κ1) is 7.64. The van der Waals surface area contributed by atoms with E-state index in [-0.39, 0.29) is 4.32 Å². The van der Waals surface area contributed by atoms with Gasteiger partial charge in [0.15, 0.2) is 0 Å². The van der Waals surface area contributed by atoms with Crippen LogP contribution in [0.4, 0.5) is 0 Å². The molecule has 0 saturated heterocycles. The highest BCUT2D eigenvalue weighted by atomic mass is 79.9. The van der Waals surface area contributed by atoms with Gasteiger partial charge >= 0.3 is 0 Å². The van der Waals surface area contributed by atoms with E-state index in [2.05, 4.69) is 31.9 Å². The maximum absolute atomic E-state index is 5.74. The Morgan fingerprint density at radius 2 is 1.88 bits per heavy atom. The van der Waals surface area contributed by atoms with Crippen LogP contribution in [0.15, 0.2) is 0 Å². The topological polar surface area (TPSA) is 0 Å². The van der Waals surface area contributed by atoms with Crippen molar-refractivity contribution in [2.24, 2.45) is 0 Å². The van der Waals surface area contributed by atoms with Crippen LogP contribution in [0, 0.1) is 0 Å². The van der Waals surface area contributed by atoms with Gasteiger partial charge in [0.1, 0.15) is 4.33 Å². The molecule has 8 heavy (non-hydrogen) atoms. The zero-order valence-electron chi connectivity index (χ0n) is 3.93. The second-order valence-corrected chi connectivity index (χ2v) is 5.54. The van der Waals surface area contributed by atoms with Gasteiger partial charge in [-0.1, -0.05) is 31.9 Å². The maximum Gasteiger partial charge on any atom is 0.135 e. The van der Waals surface area contributed by atoms with E-state index in [0.717, 1.165) is 11.8 Å². The van der Waals surface area contributed by atoms with Crippen molar-refractivity contribution in [1.29, 1.82) is 0 Å². The third-order valence-electron chi connectivity index (χ3n) is 1.24. The first-order valence-corrected chi connectivity index (χ1v) is 4.82. The van der Waals surface area contributed by atoms with Gasteiger partial charge in [-0.2, -0.15) is 0 Å². The quantitative estimate of drug-likeness (QED) is 0.649. The molecular weight excluding hydrogens is 279 g/mol. The molecule has 1 atom stereocenters. The molecule has 1 saturated carbocycles. The number of rotatable bonds is 1. The fourth-order valence-corrected chi connectivity index (χ4v) is 2.79. The van der Waals surface area contributed by atoms with Gasteiger partial charge in [0, 0.05) is 11.8 Å². The van der Waals surface area contributed by atoms with Crippen molar-refractivity contribution in [3.8, 4) is 0 Å². The van der Waals surface area contributed by atoms with E-state index in [9.17, 15) is 0 Å². The van der Waals surface area contributed by atoms with E-state index in [4.69, 9.17) is 23.2 Å². The van der Waals surface area contributed by atoms with Crippen LogP contribution >= 0.6 is 55.1 Å². The van der Waals surface area contributed by atoms with Gasteiger partial charge in [-0.25, -0.2) is 0 Å². The van der Waals surface area contributed by atoms with Crippen LogP contribution in [-0.2, 0) is 0 Å². The lowest BCUT2D eigenvalue weighted by Gasteiger charge is -2.01. The molecular formula is C4H4Br2Cl2. The molecule has 0 aliphatic heterocycles. The van der Waals surface area contributed by atoms with Gasteiger partial charge in [0.2, 0.25) is 0 Å². The van der Waals surface area contributed by atoms with Crippen molar-refractivity contribution in [2.75, 3.05) is 5.33 Å². The summed E-state index contributed by atoms with van der Waals surface area (Å²) in [4.78, 5) is 0. The summed E-state index contributed by atoms with van der Waals surface area (Å²) < 4.78 is -0.584. The second-order valence-electron chi connectivity index (χ2n) is 1.98. The number of halogens is 4. The molecule has 0 radical (unpaired) electrons. The van der Waals surface area contributed by atoms with Crippen LogP contribution in [0.3, 0.4) is 0 Å². The smallest absolute Gasteiger partial charge is 0.100 e. The molecule has 1 rings (SSSR count). The molecule has 4 heteroatoms. The Labute approximate surface area is 75.2 Å². The Balaban J connectivity index is 2.55. The average molecular weight is 283 g/mol. The van der Waals surface area contributed by atoms with Gasteiger partial charge in [-0.3, -0.25) is 0 Å². The molecule has 0 nitrogen and oxygen atoms in total. The van der Waals surface area contributed by atoms with Crippen LogP contribution in [0.1, 0.15) is 6.42 Å². The minimum atomic E-state index is -0.531. The molecule has 0 amide bonds. The van der Waals surface area contributed by atoms with Gasteiger partial charge < -0.3 is 0 Å². The van der Waals surface area contributed by atoms with Crippen molar-refractivity contribution in [3.05, 3.63) is 0 Å². The van der Waals surface area contributed by atoms with Crippen LogP contribution in [0.25, 0.3) is 0 Å². The van der Waals surface area contributed by atoms with E-state index >= 15 is 0 Å². The zero-order chi connectivity index (χ0) is 6.41. The second kappa shape index (κ2) is 2.01. The molecule has 0 heterocycles. The molecule has 0 aromatic carbocycles. The molecule has 1 unspecified atom stereocenters. The highest BCUT2D eigenvalue weighted by Gasteiger charge is 2.64. The van der Waals surface area contributed by atoms with E-state index in [1.807, 2.05) is 0 Å². The SMILES string of the molecule is ClC1(Cl)CC1(Br)CBr. The predicted molar refractivity (Wildman–Crippen MR) is 44.5 cm³/mol. The van der Waals surface area contributed by atoms with Gasteiger partial charge in [-0.05, 0) is 0 Å². The molecule has 48 valence electrons. The lowest BCUT2D eigenvalue weighted by Crippen LogP contribution is -2.08. The van der Waals surface area contributed by atoms with E-state index in [1.165, 1.54) is 0 Å². The monoisotopic (exact) mass is 280 g/mol. The highest BCUT2D eigenvalue weighted by Crippen LogP contribution is 2.63. The summed E-state index contributed by atoms with van der Waals surface area (Å²) in [5, 5.41) is 0.812. The molecule has 0 spiro atoms. The zero-order valence-corrected chi connectivity index (χ0v) is 8.61. The summed E-state index contributed by atoms with van der Waals surface area (Å²) in [5.41, 5.74) is 0. The third-order valence-corrected chi connectivity index (χ3v) is 5.64. The average Bonchev–Trinajstić information content (AvgIpc) is 2.10.